The first-order valence-electron chi connectivity index (χ1n) is 4.12. The van der Waals surface area contributed by atoms with Crippen molar-refractivity contribution in [3.8, 4) is 0 Å². The van der Waals surface area contributed by atoms with Gasteiger partial charge in [0.05, 0.1) is 23.5 Å². The lowest BCUT2D eigenvalue weighted by Gasteiger charge is -2.02. The van der Waals surface area contributed by atoms with Gasteiger partial charge < -0.3 is 5.73 Å². The summed E-state index contributed by atoms with van der Waals surface area (Å²) in [5.41, 5.74) is 7.17. The van der Waals surface area contributed by atoms with Gasteiger partial charge in [-0.05, 0) is 11.6 Å². The molecule has 72 valence electrons. The van der Waals surface area contributed by atoms with Crippen LogP contribution in [0.5, 0.6) is 0 Å². The molecule has 0 aliphatic heterocycles. The van der Waals surface area contributed by atoms with Crippen molar-refractivity contribution in [1.82, 2.24) is 14.8 Å². The van der Waals surface area contributed by atoms with Crippen molar-refractivity contribution < 1.29 is 0 Å². The maximum absolute atomic E-state index is 5.95. The van der Waals surface area contributed by atoms with E-state index in [9.17, 15) is 0 Å². The SMILES string of the molecule is Nc1cnn(Cc2ccncc2Cl)c1. The summed E-state index contributed by atoms with van der Waals surface area (Å²) in [5, 5.41) is 4.71. The topological polar surface area (TPSA) is 56.7 Å². The third-order valence-corrected chi connectivity index (χ3v) is 2.18. The molecule has 14 heavy (non-hydrogen) atoms. The minimum atomic E-state index is 0.610. The van der Waals surface area contributed by atoms with Gasteiger partial charge in [-0.3, -0.25) is 9.67 Å². The molecule has 0 atom stereocenters. The van der Waals surface area contributed by atoms with E-state index in [0.29, 0.717) is 17.3 Å². The highest BCUT2D eigenvalue weighted by molar-refractivity contribution is 6.31. The van der Waals surface area contributed by atoms with Crippen LogP contribution in [-0.4, -0.2) is 14.8 Å². The maximum atomic E-state index is 5.95. The van der Waals surface area contributed by atoms with Crippen LogP contribution < -0.4 is 5.73 Å². The van der Waals surface area contributed by atoms with Crippen LogP contribution in [-0.2, 0) is 6.54 Å². The quantitative estimate of drug-likeness (QED) is 0.815. The number of aromatic nitrogens is 3. The molecule has 0 unspecified atom stereocenters. The Morgan fingerprint density at radius 1 is 1.43 bits per heavy atom. The summed E-state index contributed by atoms with van der Waals surface area (Å²) < 4.78 is 1.73. The molecule has 0 aliphatic rings. The third-order valence-electron chi connectivity index (χ3n) is 1.84. The van der Waals surface area contributed by atoms with Gasteiger partial charge in [0.1, 0.15) is 0 Å². The minimum absolute atomic E-state index is 0.610. The van der Waals surface area contributed by atoms with E-state index < -0.39 is 0 Å². The molecule has 2 aromatic heterocycles. The molecule has 5 heteroatoms. The molecule has 0 radical (unpaired) electrons. The van der Waals surface area contributed by atoms with Crippen molar-refractivity contribution >= 4 is 17.3 Å². The van der Waals surface area contributed by atoms with Gasteiger partial charge in [-0.25, -0.2) is 0 Å². The van der Waals surface area contributed by atoms with Gasteiger partial charge in [0.25, 0.3) is 0 Å². The molecule has 0 spiro atoms. The highest BCUT2D eigenvalue weighted by atomic mass is 35.5. The first-order valence-corrected chi connectivity index (χ1v) is 4.50. The Hall–Kier alpha value is -1.55. The number of pyridine rings is 1. The molecule has 2 N–H and O–H groups in total. The van der Waals surface area contributed by atoms with Crippen LogP contribution >= 0.6 is 11.6 Å². The zero-order valence-corrected chi connectivity index (χ0v) is 8.15. The Labute approximate surface area is 86.3 Å². The smallest absolute Gasteiger partial charge is 0.0719 e. The summed E-state index contributed by atoms with van der Waals surface area (Å²) in [5.74, 6) is 0. The molecule has 4 nitrogen and oxygen atoms in total. The van der Waals surface area contributed by atoms with Crippen molar-refractivity contribution in [2.75, 3.05) is 5.73 Å². The monoisotopic (exact) mass is 208 g/mol. The van der Waals surface area contributed by atoms with E-state index in [1.165, 1.54) is 0 Å². The molecule has 0 amide bonds. The number of nitrogen functional groups attached to an aromatic ring is 1. The van der Waals surface area contributed by atoms with Crippen LogP contribution in [0.4, 0.5) is 5.69 Å². The molecular weight excluding hydrogens is 200 g/mol. The van der Waals surface area contributed by atoms with Crippen molar-refractivity contribution in [2.24, 2.45) is 0 Å². The van der Waals surface area contributed by atoms with E-state index in [1.807, 2.05) is 6.07 Å². The highest BCUT2D eigenvalue weighted by Crippen LogP contribution is 2.14. The molecule has 0 bridgehead atoms. The van der Waals surface area contributed by atoms with Gasteiger partial charge in [-0.1, -0.05) is 11.6 Å². The zero-order valence-electron chi connectivity index (χ0n) is 7.39. The zero-order chi connectivity index (χ0) is 9.97. The van der Waals surface area contributed by atoms with Crippen LogP contribution in [0.3, 0.4) is 0 Å². The van der Waals surface area contributed by atoms with E-state index >= 15 is 0 Å². The van der Waals surface area contributed by atoms with Crippen molar-refractivity contribution in [3.63, 3.8) is 0 Å². The fraction of sp³-hybridized carbons (Fsp3) is 0.111. The Balaban J connectivity index is 2.23. The second-order valence-electron chi connectivity index (χ2n) is 2.94. The van der Waals surface area contributed by atoms with E-state index in [1.54, 1.807) is 29.5 Å². The molecule has 2 rings (SSSR count). The first-order chi connectivity index (χ1) is 6.75. The molecule has 0 saturated carbocycles. The van der Waals surface area contributed by atoms with Gasteiger partial charge in [0.15, 0.2) is 0 Å². The summed E-state index contributed by atoms with van der Waals surface area (Å²) >= 11 is 5.95. The van der Waals surface area contributed by atoms with Crippen LogP contribution in [0, 0.1) is 0 Å². The number of hydrogen-bond donors (Lipinski definition) is 1. The molecule has 0 fully saturated rings. The molecular formula is C9H9ClN4. The number of halogens is 1. The van der Waals surface area contributed by atoms with Crippen molar-refractivity contribution in [1.29, 1.82) is 0 Å². The average molecular weight is 209 g/mol. The Kier molecular flexibility index (Phi) is 2.37. The predicted molar refractivity (Wildman–Crippen MR) is 55.0 cm³/mol. The van der Waals surface area contributed by atoms with Gasteiger partial charge in [-0.15, -0.1) is 0 Å². The van der Waals surface area contributed by atoms with Crippen LogP contribution in [0.25, 0.3) is 0 Å². The van der Waals surface area contributed by atoms with E-state index in [0.717, 1.165) is 5.56 Å². The standard InChI is InChI=1S/C9H9ClN4/c10-9-4-12-2-1-7(9)5-14-6-8(11)3-13-14/h1-4,6H,5,11H2. The summed E-state index contributed by atoms with van der Waals surface area (Å²) in [6.07, 6.45) is 6.68. The molecule has 2 heterocycles. The summed E-state index contributed by atoms with van der Waals surface area (Å²) in [7, 11) is 0. The Bertz CT molecular complexity index is 438. The molecule has 0 aromatic carbocycles. The summed E-state index contributed by atoms with van der Waals surface area (Å²) in [4.78, 5) is 3.91. The van der Waals surface area contributed by atoms with E-state index in [-0.39, 0.29) is 0 Å². The largest absolute Gasteiger partial charge is 0.396 e. The lowest BCUT2D eigenvalue weighted by atomic mass is 10.3. The van der Waals surface area contributed by atoms with Crippen molar-refractivity contribution in [2.45, 2.75) is 6.54 Å². The van der Waals surface area contributed by atoms with Crippen LogP contribution in [0.15, 0.2) is 30.9 Å². The molecule has 0 saturated heterocycles. The van der Waals surface area contributed by atoms with E-state index in [4.69, 9.17) is 17.3 Å². The van der Waals surface area contributed by atoms with Crippen LogP contribution in [0.2, 0.25) is 5.02 Å². The summed E-state index contributed by atoms with van der Waals surface area (Å²) in [6.45, 7) is 0.610. The maximum Gasteiger partial charge on any atom is 0.0719 e. The normalized spacial score (nSPS) is 10.4. The summed E-state index contributed by atoms with van der Waals surface area (Å²) in [6, 6.07) is 1.86. The fourth-order valence-electron chi connectivity index (χ4n) is 1.17. The van der Waals surface area contributed by atoms with Gasteiger partial charge in [-0.2, -0.15) is 5.10 Å². The fourth-order valence-corrected chi connectivity index (χ4v) is 1.35. The van der Waals surface area contributed by atoms with E-state index in [2.05, 4.69) is 10.1 Å². The lowest BCUT2D eigenvalue weighted by molar-refractivity contribution is 0.686. The minimum Gasteiger partial charge on any atom is -0.396 e. The van der Waals surface area contributed by atoms with Gasteiger partial charge in [0.2, 0.25) is 0 Å². The Morgan fingerprint density at radius 2 is 2.29 bits per heavy atom. The van der Waals surface area contributed by atoms with Crippen molar-refractivity contribution in [3.05, 3.63) is 41.4 Å². The third kappa shape index (κ3) is 1.85. The first kappa shape index (κ1) is 9.02. The predicted octanol–water partition coefficient (Wildman–Crippen LogP) is 1.56. The number of hydrogen-bond acceptors (Lipinski definition) is 3. The average Bonchev–Trinajstić information content (AvgIpc) is 2.56. The second-order valence-corrected chi connectivity index (χ2v) is 3.35. The highest BCUT2D eigenvalue weighted by Gasteiger charge is 2.01. The molecule has 2 aromatic rings. The van der Waals surface area contributed by atoms with Gasteiger partial charge >= 0.3 is 0 Å². The number of nitrogens with two attached hydrogens (primary N) is 1. The number of rotatable bonds is 2. The lowest BCUT2D eigenvalue weighted by Crippen LogP contribution is -2.00. The van der Waals surface area contributed by atoms with Gasteiger partial charge in [0, 0.05) is 18.6 Å². The Morgan fingerprint density at radius 3 is 2.93 bits per heavy atom. The number of nitrogens with zero attached hydrogens (tertiary/aromatic N) is 3. The number of anilines is 1. The van der Waals surface area contributed by atoms with Crippen LogP contribution in [0.1, 0.15) is 5.56 Å². The molecule has 0 aliphatic carbocycles. The second kappa shape index (κ2) is 3.67.